The molecule has 0 radical (unpaired) electrons. The summed E-state index contributed by atoms with van der Waals surface area (Å²) in [5.41, 5.74) is 17.4. The number of anilines is 2. The number of aliphatic hydroxyl groups excluding tert-OH is 1. The van der Waals surface area contributed by atoms with Gasteiger partial charge in [0.05, 0.1) is 0 Å². The first-order valence-corrected chi connectivity index (χ1v) is 5.98. The zero-order valence-corrected chi connectivity index (χ0v) is 10.5. The number of hydrogen-bond donors (Lipinski definition) is 3. The van der Waals surface area contributed by atoms with Gasteiger partial charge in [-0.15, -0.1) is 0 Å². The summed E-state index contributed by atoms with van der Waals surface area (Å²) >= 11 is 0. The van der Waals surface area contributed by atoms with Crippen molar-refractivity contribution in [2.75, 3.05) is 18.1 Å². The summed E-state index contributed by atoms with van der Waals surface area (Å²) in [5.74, 6) is 0. The second-order valence-corrected chi connectivity index (χ2v) is 4.42. The minimum atomic E-state index is 0.0764. The lowest BCUT2D eigenvalue weighted by Gasteiger charge is -2.15. The molecule has 94 valence electrons. The molecule has 3 heteroatoms. The Morgan fingerprint density at radius 2 is 1.78 bits per heavy atom. The highest BCUT2D eigenvalue weighted by Crippen LogP contribution is 2.32. The van der Waals surface area contributed by atoms with Crippen molar-refractivity contribution in [3.63, 3.8) is 0 Å². The van der Waals surface area contributed by atoms with Crippen molar-refractivity contribution in [1.29, 1.82) is 0 Å². The molecule has 0 bridgehead atoms. The molecule has 0 spiro atoms. The van der Waals surface area contributed by atoms with E-state index in [1.807, 2.05) is 24.3 Å². The Hall–Kier alpha value is -2.00. The fraction of sp³-hybridized carbons (Fsp3) is 0.200. The van der Waals surface area contributed by atoms with Gasteiger partial charge in [-0.1, -0.05) is 24.3 Å². The topological polar surface area (TPSA) is 72.3 Å². The van der Waals surface area contributed by atoms with Gasteiger partial charge in [-0.05, 0) is 47.7 Å². The molecular formula is C15H18N2O. The largest absolute Gasteiger partial charge is 0.399 e. The predicted octanol–water partition coefficient (Wildman–Crippen LogP) is 2.36. The number of benzene rings is 2. The van der Waals surface area contributed by atoms with E-state index in [0.29, 0.717) is 17.8 Å². The SMILES string of the molecule is Cc1ccccc1-c1cc(N)cc(N)c1CCO. The van der Waals surface area contributed by atoms with Crippen LogP contribution in [0.4, 0.5) is 11.4 Å². The quantitative estimate of drug-likeness (QED) is 0.723. The molecule has 0 unspecified atom stereocenters. The molecule has 0 aliphatic heterocycles. The molecule has 2 aromatic rings. The van der Waals surface area contributed by atoms with Crippen LogP contribution in [-0.2, 0) is 6.42 Å². The Balaban J connectivity index is 2.66. The van der Waals surface area contributed by atoms with Crippen molar-refractivity contribution in [2.45, 2.75) is 13.3 Å². The van der Waals surface area contributed by atoms with Crippen LogP contribution in [-0.4, -0.2) is 11.7 Å². The average molecular weight is 242 g/mol. The highest BCUT2D eigenvalue weighted by molar-refractivity contribution is 5.79. The summed E-state index contributed by atoms with van der Waals surface area (Å²) in [5, 5.41) is 9.17. The maximum absolute atomic E-state index is 9.17. The van der Waals surface area contributed by atoms with E-state index in [4.69, 9.17) is 16.6 Å². The smallest absolute Gasteiger partial charge is 0.0472 e. The zero-order chi connectivity index (χ0) is 13.1. The van der Waals surface area contributed by atoms with E-state index in [-0.39, 0.29) is 6.61 Å². The highest BCUT2D eigenvalue weighted by Gasteiger charge is 2.11. The maximum atomic E-state index is 9.17. The van der Waals surface area contributed by atoms with E-state index >= 15 is 0 Å². The molecule has 18 heavy (non-hydrogen) atoms. The number of nitrogens with two attached hydrogens (primary N) is 2. The molecule has 2 rings (SSSR count). The van der Waals surface area contributed by atoms with E-state index in [1.54, 1.807) is 6.07 Å². The predicted molar refractivity (Wildman–Crippen MR) is 76.2 cm³/mol. The molecule has 0 fully saturated rings. The Labute approximate surface area is 107 Å². The van der Waals surface area contributed by atoms with Gasteiger partial charge in [0.15, 0.2) is 0 Å². The Kier molecular flexibility index (Phi) is 3.53. The molecule has 0 aromatic heterocycles. The molecule has 0 saturated carbocycles. The van der Waals surface area contributed by atoms with Crippen molar-refractivity contribution >= 4 is 11.4 Å². The monoisotopic (exact) mass is 242 g/mol. The molecule has 0 saturated heterocycles. The Morgan fingerprint density at radius 3 is 2.44 bits per heavy atom. The van der Waals surface area contributed by atoms with Gasteiger partial charge in [-0.3, -0.25) is 0 Å². The van der Waals surface area contributed by atoms with Gasteiger partial charge in [0, 0.05) is 18.0 Å². The second-order valence-electron chi connectivity index (χ2n) is 4.42. The third-order valence-electron chi connectivity index (χ3n) is 3.10. The van der Waals surface area contributed by atoms with Gasteiger partial charge >= 0.3 is 0 Å². The summed E-state index contributed by atoms with van der Waals surface area (Å²) in [6.07, 6.45) is 0.537. The minimum Gasteiger partial charge on any atom is -0.399 e. The van der Waals surface area contributed by atoms with E-state index in [9.17, 15) is 0 Å². The lowest BCUT2D eigenvalue weighted by molar-refractivity contribution is 0.300. The van der Waals surface area contributed by atoms with E-state index in [2.05, 4.69) is 13.0 Å². The summed E-state index contributed by atoms with van der Waals surface area (Å²) in [4.78, 5) is 0. The molecule has 2 aromatic carbocycles. The molecule has 0 amide bonds. The lowest BCUT2D eigenvalue weighted by Crippen LogP contribution is -2.03. The summed E-state index contributed by atoms with van der Waals surface area (Å²) in [6, 6.07) is 11.8. The lowest BCUT2D eigenvalue weighted by atomic mass is 9.93. The van der Waals surface area contributed by atoms with Crippen LogP contribution in [0.3, 0.4) is 0 Å². The number of aliphatic hydroxyl groups is 1. The van der Waals surface area contributed by atoms with Gasteiger partial charge in [0.1, 0.15) is 0 Å². The van der Waals surface area contributed by atoms with Gasteiger partial charge in [-0.2, -0.15) is 0 Å². The van der Waals surface area contributed by atoms with Crippen molar-refractivity contribution in [3.05, 3.63) is 47.5 Å². The van der Waals surface area contributed by atoms with Crippen molar-refractivity contribution in [1.82, 2.24) is 0 Å². The third kappa shape index (κ3) is 2.31. The van der Waals surface area contributed by atoms with E-state index < -0.39 is 0 Å². The normalized spacial score (nSPS) is 10.6. The number of aryl methyl sites for hydroxylation is 1. The van der Waals surface area contributed by atoms with Crippen molar-refractivity contribution in [2.24, 2.45) is 0 Å². The van der Waals surface area contributed by atoms with Crippen LogP contribution in [0.5, 0.6) is 0 Å². The molecular weight excluding hydrogens is 224 g/mol. The fourth-order valence-electron chi connectivity index (χ4n) is 2.22. The molecule has 5 N–H and O–H groups in total. The zero-order valence-electron chi connectivity index (χ0n) is 10.5. The standard InChI is InChI=1S/C15H18N2O/c1-10-4-2-3-5-12(10)14-8-11(16)9-15(17)13(14)6-7-18/h2-5,8-9,18H,6-7,16-17H2,1H3. The third-order valence-corrected chi connectivity index (χ3v) is 3.10. The van der Waals surface area contributed by atoms with Crippen LogP contribution >= 0.6 is 0 Å². The van der Waals surface area contributed by atoms with Gasteiger partial charge in [0.25, 0.3) is 0 Å². The van der Waals surface area contributed by atoms with Gasteiger partial charge in [-0.25, -0.2) is 0 Å². The van der Waals surface area contributed by atoms with Crippen LogP contribution in [0.2, 0.25) is 0 Å². The number of hydrogen-bond acceptors (Lipinski definition) is 3. The van der Waals surface area contributed by atoms with Crippen molar-refractivity contribution < 1.29 is 5.11 Å². The molecule has 0 heterocycles. The molecule has 0 aliphatic carbocycles. The highest BCUT2D eigenvalue weighted by atomic mass is 16.2. The molecule has 0 aliphatic rings. The van der Waals surface area contributed by atoms with Crippen LogP contribution in [0.25, 0.3) is 11.1 Å². The minimum absolute atomic E-state index is 0.0764. The van der Waals surface area contributed by atoms with Crippen LogP contribution in [0.1, 0.15) is 11.1 Å². The summed E-state index contributed by atoms with van der Waals surface area (Å²) in [7, 11) is 0. The Bertz CT molecular complexity index is 564. The summed E-state index contributed by atoms with van der Waals surface area (Å²) < 4.78 is 0. The van der Waals surface area contributed by atoms with Crippen LogP contribution in [0.15, 0.2) is 36.4 Å². The van der Waals surface area contributed by atoms with Crippen molar-refractivity contribution in [3.8, 4) is 11.1 Å². The average Bonchev–Trinajstić information content (AvgIpc) is 2.33. The second kappa shape index (κ2) is 5.10. The molecule has 0 atom stereocenters. The first-order chi connectivity index (χ1) is 8.63. The Morgan fingerprint density at radius 1 is 1.06 bits per heavy atom. The number of rotatable bonds is 3. The van der Waals surface area contributed by atoms with E-state index in [1.165, 1.54) is 5.56 Å². The summed E-state index contributed by atoms with van der Waals surface area (Å²) in [6.45, 7) is 2.13. The van der Waals surface area contributed by atoms with Gasteiger partial charge in [0.2, 0.25) is 0 Å². The van der Waals surface area contributed by atoms with Crippen LogP contribution < -0.4 is 11.5 Å². The van der Waals surface area contributed by atoms with Crippen LogP contribution in [0, 0.1) is 6.92 Å². The number of nitrogen functional groups attached to an aromatic ring is 2. The molecule has 3 nitrogen and oxygen atoms in total. The maximum Gasteiger partial charge on any atom is 0.0472 e. The fourth-order valence-corrected chi connectivity index (χ4v) is 2.22. The van der Waals surface area contributed by atoms with E-state index in [0.717, 1.165) is 16.7 Å². The first-order valence-electron chi connectivity index (χ1n) is 5.98. The van der Waals surface area contributed by atoms with Gasteiger partial charge < -0.3 is 16.6 Å². The first kappa shape index (κ1) is 12.5.